The summed E-state index contributed by atoms with van der Waals surface area (Å²) < 4.78 is 6.15. The van der Waals surface area contributed by atoms with Crippen LogP contribution in [-0.4, -0.2) is 78.8 Å². The summed E-state index contributed by atoms with van der Waals surface area (Å²) in [7, 11) is 0. The molecule has 4 fully saturated rings. The minimum Gasteiger partial charge on any atom is -0.372 e. The van der Waals surface area contributed by atoms with Crippen molar-refractivity contribution in [2.75, 3.05) is 13.1 Å². The first-order chi connectivity index (χ1) is 34.8. The van der Waals surface area contributed by atoms with Gasteiger partial charge in [-0.1, -0.05) is 135 Å². The van der Waals surface area contributed by atoms with E-state index in [2.05, 4.69) is 79.8 Å². The van der Waals surface area contributed by atoms with Gasteiger partial charge in [-0.2, -0.15) is 0 Å². The highest BCUT2D eigenvalue weighted by Gasteiger charge is 2.39. The van der Waals surface area contributed by atoms with Gasteiger partial charge < -0.3 is 45.8 Å². The van der Waals surface area contributed by atoms with Gasteiger partial charge >= 0.3 is 12.1 Å². The molecule has 6 N–H and O–H groups in total. The first kappa shape index (κ1) is 47.4. The van der Waals surface area contributed by atoms with Gasteiger partial charge in [0, 0.05) is 25.2 Å². The molecule has 10 rings (SSSR count). The molecule has 2 saturated heterocycles. The number of imidazole rings is 2. The van der Waals surface area contributed by atoms with Crippen LogP contribution in [0.1, 0.15) is 135 Å². The number of ether oxygens (including phenoxy) is 1. The number of likely N-dealkylation sites (tertiary alicyclic amines) is 2. The van der Waals surface area contributed by atoms with Crippen LogP contribution in [0.3, 0.4) is 0 Å². The number of nitrogens with one attached hydrogen (secondary N) is 6. The SMILES string of the molecule is O=C(NC1CCCC1)N[C@@H](C(=O)N1CCC[C@H]1c1ncc(-c2ccc(COCc3ccc(-c4cnc([C@@H]5CCCN5C(=O)[C@H](NC(=O)NC5CCCC5)c5ccccc5)[nH]4)cc3)cc2)[nH]1)c1ccccc1. The van der Waals surface area contributed by atoms with Crippen LogP contribution in [0, 0.1) is 0 Å². The minimum atomic E-state index is -0.806. The van der Waals surface area contributed by atoms with Gasteiger partial charge in [-0.25, -0.2) is 19.6 Å². The van der Waals surface area contributed by atoms with Gasteiger partial charge in [0.05, 0.1) is 49.1 Å². The second-order valence-electron chi connectivity index (χ2n) is 19.5. The monoisotopic (exact) mass is 957 g/mol. The maximum absolute atomic E-state index is 14.2. The van der Waals surface area contributed by atoms with Gasteiger partial charge in [0.25, 0.3) is 0 Å². The summed E-state index contributed by atoms with van der Waals surface area (Å²) in [6.07, 6.45) is 15.2. The van der Waals surface area contributed by atoms with E-state index in [1.54, 1.807) is 0 Å². The zero-order valence-corrected chi connectivity index (χ0v) is 40.2. The lowest BCUT2D eigenvalue weighted by molar-refractivity contribution is -0.135. The van der Waals surface area contributed by atoms with E-state index in [4.69, 9.17) is 14.7 Å². The summed E-state index contributed by atoms with van der Waals surface area (Å²) in [5.41, 5.74) is 7.27. The van der Waals surface area contributed by atoms with E-state index < -0.39 is 12.1 Å². The van der Waals surface area contributed by atoms with Crippen LogP contribution in [0.5, 0.6) is 0 Å². The van der Waals surface area contributed by atoms with Crippen molar-refractivity contribution in [2.24, 2.45) is 0 Å². The number of aromatic amines is 2. The van der Waals surface area contributed by atoms with Crippen molar-refractivity contribution >= 4 is 23.9 Å². The smallest absolute Gasteiger partial charge is 0.315 e. The zero-order valence-electron chi connectivity index (χ0n) is 40.2. The molecule has 4 aromatic carbocycles. The Kier molecular flexibility index (Phi) is 14.8. The Labute approximate surface area is 415 Å². The lowest BCUT2D eigenvalue weighted by Gasteiger charge is -2.29. The third-order valence-corrected chi connectivity index (χ3v) is 14.7. The summed E-state index contributed by atoms with van der Waals surface area (Å²) in [4.78, 5) is 74.9. The average molecular weight is 957 g/mol. The van der Waals surface area contributed by atoms with Crippen LogP contribution in [0.2, 0.25) is 0 Å². The Morgan fingerprint density at radius 1 is 0.521 bits per heavy atom. The molecule has 0 radical (unpaired) electrons. The Bertz CT molecular complexity index is 2540. The quantitative estimate of drug-likeness (QED) is 0.0557. The highest BCUT2D eigenvalue weighted by Crippen LogP contribution is 2.36. The molecule has 6 aromatic rings. The van der Waals surface area contributed by atoms with E-state index in [0.29, 0.717) is 26.3 Å². The predicted octanol–water partition coefficient (Wildman–Crippen LogP) is 9.48. The first-order valence-corrected chi connectivity index (χ1v) is 25.5. The van der Waals surface area contributed by atoms with Crippen molar-refractivity contribution in [1.29, 1.82) is 0 Å². The van der Waals surface area contributed by atoms with Crippen LogP contribution >= 0.6 is 0 Å². The fourth-order valence-corrected chi connectivity index (χ4v) is 10.8. The molecular formula is C56H64N10O5. The van der Waals surface area contributed by atoms with Crippen LogP contribution in [-0.2, 0) is 27.5 Å². The first-order valence-electron chi connectivity index (χ1n) is 25.5. The number of rotatable bonds is 16. The molecule has 0 spiro atoms. The Hall–Kier alpha value is -7.26. The largest absolute Gasteiger partial charge is 0.372 e. The molecule has 368 valence electrons. The van der Waals surface area contributed by atoms with E-state index in [1.807, 2.05) is 82.9 Å². The summed E-state index contributed by atoms with van der Waals surface area (Å²) in [6, 6.07) is 32.9. The number of carbonyl (C=O) groups excluding carboxylic acids is 4. The second-order valence-corrected chi connectivity index (χ2v) is 19.5. The Morgan fingerprint density at radius 3 is 1.31 bits per heavy atom. The number of carbonyl (C=O) groups is 4. The number of aromatic nitrogens is 4. The summed E-state index contributed by atoms with van der Waals surface area (Å²) >= 11 is 0. The molecule has 0 unspecified atom stereocenters. The topological polar surface area (TPSA) is 189 Å². The van der Waals surface area contributed by atoms with Crippen LogP contribution in [0.15, 0.2) is 122 Å². The number of hydrogen-bond donors (Lipinski definition) is 6. The molecule has 4 heterocycles. The third kappa shape index (κ3) is 11.4. The Balaban J connectivity index is 0.718. The van der Waals surface area contributed by atoms with Gasteiger partial charge in [-0.3, -0.25) is 9.59 Å². The van der Waals surface area contributed by atoms with Crippen LogP contribution in [0.25, 0.3) is 22.5 Å². The molecule has 71 heavy (non-hydrogen) atoms. The van der Waals surface area contributed by atoms with Crippen molar-refractivity contribution in [3.05, 3.63) is 155 Å². The number of hydrogen-bond acceptors (Lipinski definition) is 7. The second kappa shape index (κ2) is 22.2. The minimum absolute atomic E-state index is 0.141. The number of benzene rings is 4. The molecule has 2 aliphatic carbocycles. The van der Waals surface area contributed by atoms with Gasteiger partial charge in [0.1, 0.15) is 23.7 Å². The fraction of sp³-hybridized carbons (Fsp3) is 0.393. The van der Waals surface area contributed by atoms with E-state index in [0.717, 1.165) is 133 Å². The van der Waals surface area contributed by atoms with Gasteiger partial charge in [-0.05, 0) is 84.7 Å². The molecule has 4 atom stereocenters. The molecular weight excluding hydrogens is 893 g/mol. The standard InChI is InChI=1S/C56H64N10O5/c67-53(49(41-13-3-1-4-14-41)63-55(69)59-43-17-7-8-18-43)65-31-11-21-47(65)51-57-33-45(61-51)39-27-23-37(24-28-39)35-71-36-38-25-29-40(30-26-38)46-34-58-52(62-46)48-22-12-32-66(48)54(68)50(42-15-5-2-6-16-42)64-56(70)60-44-19-9-10-20-44/h1-6,13-16,23-30,33-34,43-44,47-50H,7-12,17-22,31-32,35-36H2,(H,57,61)(H,58,62)(H2,59,63,69)(H2,60,64,70)/t47-,48-,49+,50+/m0/s1. The molecule has 2 aromatic heterocycles. The van der Waals surface area contributed by atoms with Gasteiger partial charge in [0.2, 0.25) is 11.8 Å². The van der Waals surface area contributed by atoms with Crippen LogP contribution in [0.4, 0.5) is 9.59 Å². The van der Waals surface area contributed by atoms with Crippen molar-refractivity contribution < 1.29 is 23.9 Å². The molecule has 6 amide bonds. The molecule has 4 aliphatic rings. The summed E-state index contributed by atoms with van der Waals surface area (Å²) in [5, 5.41) is 12.2. The lowest BCUT2D eigenvalue weighted by Crippen LogP contribution is -2.48. The fourth-order valence-electron chi connectivity index (χ4n) is 10.8. The number of nitrogens with zero attached hydrogens (tertiary/aromatic N) is 4. The number of amides is 6. The lowest BCUT2D eigenvalue weighted by atomic mass is 10.0. The average Bonchev–Trinajstić information content (AvgIpc) is 4.26. The summed E-state index contributed by atoms with van der Waals surface area (Å²) in [5.74, 6) is 1.18. The summed E-state index contributed by atoms with van der Waals surface area (Å²) in [6.45, 7) is 2.05. The van der Waals surface area contributed by atoms with Crippen molar-refractivity contribution in [3.63, 3.8) is 0 Å². The maximum Gasteiger partial charge on any atom is 0.315 e. The normalized spacial score (nSPS) is 19.2. The van der Waals surface area contributed by atoms with Crippen molar-refractivity contribution in [2.45, 2.75) is 127 Å². The van der Waals surface area contributed by atoms with Crippen molar-refractivity contribution in [3.8, 4) is 22.5 Å². The van der Waals surface area contributed by atoms with E-state index >= 15 is 0 Å². The molecule has 2 aliphatic heterocycles. The highest BCUT2D eigenvalue weighted by molar-refractivity contribution is 5.89. The molecule has 2 saturated carbocycles. The zero-order chi connectivity index (χ0) is 48.5. The third-order valence-electron chi connectivity index (χ3n) is 14.7. The van der Waals surface area contributed by atoms with E-state index in [9.17, 15) is 19.2 Å². The van der Waals surface area contributed by atoms with Gasteiger partial charge in [0.15, 0.2) is 0 Å². The predicted molar refractivity (Wildman–Crippen MR) is 270 cm³/mol. The maximum atomic E-state index is 14.2. The molecule has 0 bridgehead atoms. The Morgan fingerprint density at radius 2 is 0.915 bits per heavy atom. The molecule has 15 nitrogen and oxygen atoms in total. The van der Waals surface area contributed by atoms with Crippen LogP contribution < -0.4 is 21.3 Å². The number of H-pyrrole nitrogens is 2. The number of urea groups is 2. The van der Waals surface area contributed by atoms with Crippen molar-refractivity contribution in [1.82, 2.24) is 51.0 Å². The van der Waals surface area contributed by atoms with Gasteiger partial charge in [-0.15, -0.1) is 0 Å². The van der Waals surface area contributed by atoms with E-state index in [1.165, 1.54) is 0 Å². The molecule has 15 heteroatoms. The van der Waals surface area contributed by atoms with E-state index in [-0.39, 0.29) is 48.0 Å². The highest BCUT2D eigenvalue weighted by atomic mass is 16.5.